The van der Waals surface area contributed by atoms with Crippen LogP contribution in [-0.4, -0.2) is 52.4 Å². The van der Waals surface area contributed by atoms with Crippen molar-refractivity contribution in [3.05, 3.63) is 54.1 Å². The zero-order valence-electron chi connectivity index (χ0n) is 16.1. The molecular formula is C21H26N4O3. The van der Waals surface area contributed by atoms with Gasteiger partial charge in [0, 0.05) is 31.5 Å². The quantitative estimate of drug-likeness (QED) is 0.794. The van der Waals surface area contributed by atoms with Crippen molar-refractivity contribution >= 4 is 11.8 Å². The number of aryl methyl sites for hydroxylation is 1. The number of ether oxygens (including phenoxy) is 1. The number of likely N-dealkylation sites (tertiary alicyclic amines) is 1. The molecule has 1 N–H and O–H groups in total. The van der Waals surface area contributed by atoms with E-state index in [0.29, 0.717) is 37.4 Å². The van der Waals surface area contributed by atoms with E-state index in [0.717, 1.165) is 12.8 Å². The molecule has 7 nitrogen and oxygen atoms in total. The smallest absolute Gasteiger partial charge is 0.271 e. The molecule has 28 heavy (non-hydrogen) atoms. The fourth-order valence-corrected chi connectivity index (χ4v) is 3.23. The molecule has 2 amide bonds. The van der Waals surface area contributed by atoms with Gasteiger partial charge < -0.3 is 15.0 Å². The molecule has 1 aliphatic heterocycles. The van der Waals surface area contributed by atoms with Crippen molar-refractivity contribution in [2.45, 2.75) is 38.6 Å². The van der Waals surface area contributed by atoms with Gasteiger partial charge in [0.1, 0.15) is 11.4 Å². The van der Waals surface area contributed by atoms with Crippen LogP contribution in [-0.2, 0) is 11.2 Å². The highest BCUT2D eigenvalue weighted by Crippen LogP contribution is 2.15. The van der Waals surface area contributed by atoms with Gasteiger partial charge in [0.15, 0.2) is 6.61 Å². The summed E-state index contributed by atoms with van der Waals surface area (Å²) < 4.78 is 5.63. The van der Waals surface area contributed by atoms with E-state index in [1.165, 1.54) is 24.2 Å². The van der Waals surface area contributed by atoms with Gasteiger partial charge in [-0.15, -0.1) is 0 Å². The number of piperidine rings is 1. The minimum Gasteiger partial charge on any atom is -0.484 e. The summed E-state index contributed by atoms with van der Waals surface area (Å²) in [6, 6.07) is 7.92. The molecule has 1 saturated heterocycles. The Morgan fingerprint density at radius 2 is 1.93 bits per heavy atom. The number of hydrogen-bond donors (Lipinski definition) is 1. The van der Waals surface area contributed by atoms with Gasteiger partial charge in [-0.05, 0) is 37.0 Å². The van der Waals surface area contributed by atoms with E-state index in [2.05, 4.69) is 22.2 Å². The maximum atomic E-state index is 12.4. The SMILES string of the molecule is CCCc1ccc(OCC(=O)N2CCC(NC(=O)c3cnccn3)CC2)cc1. The van der Waals surface area contributed by atoms with Crippen LogP contribution in [0.25, 0.3) is 0 Å². The first kappa shape index (κ1) is 19.8. The molecule has 0 spiro atoms. The summed E-state index contributed by atoms with van der Waals surface area (Å²) in [6.07, 6.45) is 8.04. The lowest BCUT2D eigenvalue weighted by Crippen LogP contribution is -2.47. The third kappa shape index (κ3) is 5.52. The molecule has 0 saturated carbocycles. The highest BCUT2D eigenvalue weighted by atomic mass is 16.5. The first-order valence-corrected chi connectivity index (χ1v) is 9.72. The van der Waals surface area contributed by atoms with E-state index in [1.54, 1.807) is 4.90 Å². The summed E-state index contributed by atoms with van der Waals surface area (Å²) in [5, 5.41) is 2.96. The van der Waals surface area contributed by atoms with Crippen LogP contribution in [0.4, 0.5) is 0 Å². The molecule has 1 fully saturated rings. The topological polar surface area (TPSA) is 84.4 Å². The molecule has 148 valence electrons. The van der Waals surface area contributed by atoms with E-state index in [4.69, 9.17) is 4.74 Å². The number of amides is 2. The monoisotopic (exact) mass is 382 g/mol. The van der Waals surface area contributed by atoms with Gasteiger partial charge in [0.05, 0.1) is 6.20 Å². The molecule has 0 atom stereocenters. The summed E-state index contributed by atoms with van der Waals surface area (Å²) in [5.74, 6) is 0.448. The second-order valence-corrected chi connectivity index (χ2v) is 6.90. The minimum atomic E-state index is -0.229. The lowest BCUT2D eigenvalue weighted by Gasteiger charge is -2.32. The van der Waals surface area contributed by atoms with Crippen molar-refractivity contribution < 1.29 is 14.3 Å². The zero-order chi connectivity index (χ0) is 19.8. The number of carbonyl (C=O) groups excluding carboxylic acids is 2. The predicted molar refractivity (Wildman–Crippen MR) is 105 cm³/mol. The maximum Gasteiger partial charge on any atom is 0.271 e. The summed E-state index contributed by atoms with van der Waals surface area (Å²) in [5.41, 5.74) is 1.58. The van der Waals surface area contributed by atoms with Crippen LogP contribution in [0, 0.1) is 0 Å². The Labute approximate surface area is 165 Å². The number of nitrogens with one attached hydrogen (secondary N) is 1. The summed E-state index contributed by atoms with van der Waals surface area (Å²) in [4.78, 5) is 34.2. The Morgan fingerprint density at radius 3 is 2.57 bits per heavy atom. The van der Waals surface area contributed by atoms with Crippen LogP contribution in [0.15, 0.2) is 42.9 Å². The van der Waals surface area contributed by atoms with Crippen LogP contribution >= 0.6 is 0 Å². The molecule has 0 aliphatic carbocycles. The largest absolute Gasteiger partial charge is 0.484 e. The summed E-state index contributed by atoms with van der Waals surface area (Å²) >= 11 is 0. The summed E-state index contributed by atoms with van der Waals surface area (Å²) in [6.45, 7) is 3.38. The fraction of sp³-hybridized carbons (Fsp3) is 0.429. The second kappa shape index (κ2) is 9.82. The number of hydrogen-bond acceptors (Lipinski definition) is 5. The third-order valence-electron chi connectivity index (χ3n) is 4.80. The molecule has 1 aromatic carbocycles. The molecule has 1 aromatic heterocycles. The molecule has 7 heteroatoms. The average molecular weight is 382 g/mol. The predicted octanol–water partition coefficient (Wildman–Crippen LogP) is 2.23. The highest BCUT2D eigenvalue weighted by molar-refractivity contribution is 5.92. The standard InChI is InChI=1S/C21H26N4O3/c1-2-3-16-4-6-18(7-5-16)28-15-20(26)25-12-8-17(9-13-25)24-21(27)19-14-22-10-11-23-19/h4-7,10-11,14,17H,2-3,8-9,12-13,15H2,1H3,(H,24,27). The van der Waals surface area contributed by atoms with Crippen molar-refractivity contribution in [1.29, 1.82) is 0 Å². The van der Waals surface area contributed by atoms with Crippen molar-refractivity contribution in [3.63, 3.8) is 0 Å². The second-order valence-electron chi connectivity index (χ2n) is 6.90. The van der Waals surface area contributed by atoms with Gasteiger partial charge in [0.25, 0.3) is 11.8 Å². The first-order valence-electron chi connectivity index (χ1n) is 9.72. The lowest BCUT2D eigenvalue weighted by atomic mass is 10.0. The molecular weight excluding hydrogens is 356 g/mol. The normalized spacial score (nSPS) is 14.5. The van der Waals surface area contributed by atoms with Crippen LogP contribution < -0.4 is 10.1 Å². The Kier molecular flexibility index (Phi) is 6.94. The maximum absolute atomic E-state index is 12.4. The Morgan fingerprint density at radius 1 is 1.18 bits per heavy atom. The van der Waals surface area contributed by atoms with Gasteiger partial charge in [0.2, 0.25) is 0 Å². The zero-order valence-corrected chi connectivity index (χ0v) is 16.1. The lowest BCUT2D eigenvalue weighted by molar-refractivity contribution is -0.134. The van der Waals surface area contributed by atoms with Crippen molar-refractivity contribution in [2.24, 2.45) is 0 Å². The Hall–Kier alpha value is -2.96. The number of aromatic nitrogens is 2. The van der Waals surface area contributed by atoms with Crippen LogP contribution in [0.3, 0.4) is 0 Å². The molecule has 3 rings (SSSR count). The number of nitrogens with zero attached hydrogens (tertiary/aromatic N) is 3. The van der Waals surface area contributed by atoms with E-state index in [9.17, 15) is 9.59 Å². The van der Waals surface area contributed by atoms with Crippen molar-refractivity contribution in [3.8, 4) is 5.75 Å². The minimum absolute atomic E-state index is 0.0312. The van der Waals surface area contributed by atoms with Gasteiger partial charge in [-0.25, -0.2) is 4.98 Å². The molecule has 2 heterocycles. The van der Waals surface area contributed by atoms with Crippen molar-refractivity contribution in [2.75, 3.05) is 19.7 Å². The van der Waals surface area contributed by atoms with E-state index >= 15 is 0 Å². The van der Waals surface area contributed by atoms with Gasteiger partial charge in [-0.1, -0.05) is 25.5 Å². The number of rotatable bonds is 7. The van der Waals surface area contributed by atoms with Crippen LogP contribution in [0.2, 0.25) is 0 Å². The first-order chi connectivity index (χ1) is 13.7. The number of carbonyl (C=O) groups is 2. The van der Waals surface area contributed by atoms with Crippen LogP contribution in [0.5, 0.6) is 5.75 Å². The van der Waals surface area contributed by atoms with Gasteiger partial charge in [-0.2, -0.15) is 0 Å². The van der Waals surface area contributed by atoms with Crippen molar-refractivity contribution in [1.82, 2.24) is 20.2 Å². The van der Waals surface area contributed by atoms with Gasteiger partial charge in [-0.3, -0.25) is 14.6 Å². The van der Waals surface area contributed by atoms with Gasteiger partial charge >= 0.3 is 0 Å². The molecule has 1 aliphatic rings. The van der Waals surface area contributed by atoms with Crippen LogP contribution in [0.1, 0.15) is 42.2 Å². The van der Waals surface area contributed by atoms with E-state index in [1.807, 2.05) is 24.3 Å². The average Bonchev–Trinajstić information content (AvgIpc) is 2.74. The highest BCUT2D eigenvalue weighted by Gasteiger charge is 2.24. The van der Waals surface area contributed by atoms with E-state index < -0.39 is 0 Å². The van der Waals surface area contributed by atoms with E-state index in [-0.39, 0.29) is 24.5 Å². The number of benzene rings is 1. The Bertz CT molecular complexity index is 772. The molecule has 2 aromatic rings. The summed E-state index contributed by atoms with van der Waals surface area (Å²) in [7, 11) is 0. The fourth-order valence-electron chi connectivity index (χ4n) is 3.23. The molecule has 0 radical (unpaired) electrons. The molecule has 0 unspecified atom stereocenters. The molecule has 0 bridgehead atoms. The third-order valence-corrected chi connectivity index (χ3v) is 4.80. The Balaban J connectivity index is 1.40.